The van der Waals surface area contributed by atoms with Crippen LogP contribution >= 0.6 is 0 Å². The first-order valence-corrected chi connectivity index (χ1v) is 3.90. The van der Waals surface area contributed by atoms with Crippen molar-refractivity contribution in [1.82, 2.24) is 15.3 Å². The first kappa shape index (κ1) is 7.21. The molecule has 1 fully saturated rings. The Bertz CT molecular complexity index is 286. The third kappa shape index (κ3) is 1.28. The zero-order valence-corrected chi connectivity index (χ0v) is 6.53. The van der Waals surface area contributed by atoms with E-state index in [9.17, 15) is 4.79 Å². The van der Waals surface area contributed by atoms with Gasteiger partial charge in [-0.1, -0.05) is 0 Å². The summed E-state index contributed by atoms with van der Waals surface area (Å²) < 4.78 is 0. The van der Waals surface area contributed by atoms with Crippen molar-refractivity contribution < 1.29 is 4.79 Å². The third-order valence-electron chi connectivity index (χ3n) is 1.93. The Labute approximate surface area is 70.0 Å². The van der Waals surface area contributed by atoms with Gasteiger partial charge in [0.25, 0.3) is 0 Å². The molecule has 0 spiro atoms. The molecule has 1 N–H and O–H groups in total. The highest BCUT2D eigenvalue weighted by atomic mass is 16.1. The minimum Gasteiger partial charge on any atom is -0.355 e. The molecule has 0 radical (unpaired) electrons. The summed E-state index contributed by atoms with van der Waals surface area (Å²) in [6.45, 7) is 0.669. The minimum atomic E-state index is 0.0902. The molecule has 2 rings (SSSR count). The van der Waals surface area contributed by atoms with Gasteiger partial charge in [-0.3, -0.25) is 4.79 Å². The highest BCUT2D eigenvalue weighted by Crippen LogP contribution is 2.18. The lowest BCUT2D eigenvalue weighted by atomic mass is 10.1. The number of hydrogen-bond acceptors (Lipinski definition) is 3. The fraction of sp³-hybridized carbons (Fsp3) is 0.375. The topological polar surface area (TPSA) is 54.9 Å². The molecule has 62 valence electrons. The van der Waals surface area contributed by atoms with E-state index in [1.165, 1.54) is 0 Å². The lowest BCUT2D eigenvalue weighted by Gasteiger charge is -2.02. The van der Waals surface area contributed by atoms with Crippen LogP contribution in [0.5, 0.6) is 0 Å². The smallest absolute Gasteiger partial charge is 0.220 e. The second-order valence-electron chi connectivity index (χ2n) is 2.81. The third-order valence-corrected chi connectivity index (χ3v) is 1.93. The average molecular weight is 163 g/mol. The van der Waals surface area contributed by atoms with Crippen molar-refractivity contribution in [3.63, 3.8) is 0 Å². The zero-order valence-electron chi connectivity index (χ0n) is 6.53. The summed E-state index contributed by atoms with van der Waals surface area (Å²) in [6.07, 6.45) is 3.92. The van der Waals surface area contributed by atoms with Crippen molar-refractivity contribution in [2.45, 2.75) is 12.3 Å². The molecule has 1 aromatic heterocycles. The maximum absolute atomic E-state index is 10.9. The minimum absolute atomic E-state index is 0.0902. The van der Waals surface area contributed by atoms with Crippen molar-refractivity contribution in [2.24, 2.45) is 0 Å². The van der Waals surface area contributed by atoms with E-state index in [-0.39, 0.29) is 11.8 Å². The van der Waals surface area contributed by atoms with Gasteiger partial charge in [0.1, 0.15) is 5.82 Å². The monoisotopic (exact) mass is 163 g/mol. The summed E-state index contributed by atoms with van der Waals surface area (Å²) in [6, 6.07) is 1.77. The van der Waals surface area contributed by atoms with Crippen molar-refractivity contribution >= 4 is 5.91 Å². The molecule has 0 bridgehead atoms. The summed E-state index contributed by atoms with van der Waals surface area (Å²) in [4.78, 5) is 19.0. The van der Waals surface area contributed by atoms with Crippen LogP contribution in [0.1, 0.15) is 18.2 Å². The van der Waals surface area contributed by atoms with E-state index in [0.717, 1.165) is 5.82 Å². The number of carbonyl (C=O) groups excluding carboxylic acids is 1. The zero-order chi connectivity index (χ0) is 8.39. The number of carbonyl (C=O) groups is 1. The first-order valence-electron chi connectivity index (χ1n) is 3.90. The van der Waals surface area contributed by atoms with Crippen molar-refractivity contribution in [3.8, 4) is 0 Å². The maximum atomic E-state index is 10.9. The molecule has 0 aromatic carbocycles. The van der Waals surface area contributed by atoms with Gasteiger partial charge in [0.05, 0.1) is 0 Å². The van der Waals surface area contributed by atoms with E-state index in [2.05, 4.69) is 15.3 Å². The van der Waals surface area contributed by atoms with E-state index in [1.807, 2.05) is 0 Å². The summed E-state index contributed by atoms with van der Waals surface area (Å²) in [7, 11) is 0. The van der Waals surface area contributed by atoms with Gasteiger partial charge in [-0.25, -0.2) is 9.97 Å². The van der Waals surface area contributed by atoms with Crippen LogP contribution in [0, 0.1) is 0 Å². The van der Waals surface area contributed by atoms with Gasteiger partial charge in [-0.05, 0) is 6.07 Å². The van der Waals surface area contributed by atoms with Gasteiger partial charge < -0.3 is 5.32 Å². The quantitative estimate of drug-likeness (QED) is 0.637. The van der Waals surface area contributed by atoms with Gasteiger partial charge >= 0.3 is 0 Å². The van der Waals surface area contributed by atoms with Crippen LogP contribution in [-0.2, 0) is 4.79 Å². The van der Waals surface area contributed by atoms with Crippen LogP contribution in [0.15, 0.2) is 18.5 Å². The molecule has 12 heavy (non-hydrogen) atoms. The Morgan fingerprint density at radius 3 is 2.75 bits per heavy atom. The second kappa shape index (κ2) is 2.89. The molecule has 1 unspecified atom stereocenters. The van der Waals surface area contributed by atoms with Crippen LogP contribution in [0.4, 0.5) is 0 Å². The molecule has 0 aliphatic carbocycles. The Morgan fingerprint density at radius 2 is 2.17 bits per heavy atom. The Kier molecular flexibility index (Phi) is 1.74. The summed E-state index contributed by atoms with van der Waals surface area (Å²) in [5.74, 6) is 1.02. The summed E-state index contributed by atoms with van der Waals surface area (Å²) >= 11 is 0. The van der Waals surface area contributed by atoms with Crippen molar-refractivity contribution in [1.29, 1.82) is 0 Å². The van der Waals surface area contributed by atoms with E-state index in [1.54, 1.807) is 18.5 Å². The van der Waals surface area contributed by atoms with Gasteiger partial charge in [0.2, 0.25) is 5.91 Å². The molecule has 1 aliphatic heterocycles. The molecule has 2 heterocycles. The normalized spacial score (nSPS) is 22.3. The number of aromatic nitrogens is 2. The van der Waals surface area contributed by atoms with Crippen molar-refractivity contribution in [3.05, 3.63) is 24.3 Å². The van der Waals surface area contributed by atoms with E-state index < -0.39 is 0 Å². The van der Waals surface area contributed by atoms with E-state index >= 15 is 0 Å². The van der Waals surface area contributed by atoms with Crippen LogP contribution in [0.25, 0.3) is 0 Å². The number of hydrogen-bond donors (Lipinski definition) is 1. The number of nitrogens with one attached hydrogen (secondary N) is 1. The van der Waals surface area contributed by atoms with E-state index in [0.29, 0.717) is 13.0 Å². The fourth-order valence-corrected chi connectivity index (χ4v) is 1.31. The van der Waals surface area contributed by atoms with Crippen LogP contribution < -0.4 is 5.32 Å². The molecule has 4 nitrogen and oxygen atoms in total. The molecule has 1 aromatic rings. The first-order chi connectivity index (χ1) is 5.86. The largest absolute Gasteiger partial charge is 0.355 e. The number of amides is 1. The molecule has 1 atom stereocenters. The predicted octanol–water partition coefficient (Wildman–Crippen LogP) is 0.0801. The molecule has 1 amide bonds. The SMILES string of the molecule is O=C1CC(c2ncccn2)CN1. The lowest BCUT2D eigenvalue weighted by Crippen LogP contribution is -2.14. The Hall–Kier alpha value is -1.45. The predicted molar refractivity (Wildman–Crippen MR) is 42.4 cm³/mol. The molecule has 1 aliphatic rings. The van der Waals surface area contributed by atoms with Gasteiger partial charge in [0, 0.05) is 31.3 Å². The van der Waals surface area contributed by atoms with Crippen LogP contribution in [0.2, 0.25) is 0 Å². The average Bonchev–Trinajstić information content (AvgIpc) is 2.54. The highest BCUT2D eigenvalue weighted by Gasteiger charge is 2.24. The second-order valence-corrected chi connectivity index (χ2v) is 2.81. The molecule has 1 saturated heterocycles. The molecular weight excluding hydrogens is 154 g/mol. The van der Waals surface area contributed by atoms with Gasteiger partial charge in [0.15, 0.2) is 0 Å². The number of rotatable bonds is 1. The fourth-order valence-electron chi connectivity index (χ4n) is 1.31. The van der Waals surface area contributed by atoms with Crippen molar-refractivity contribution in [2.75, 3.05) is 6.54 Å². The van der Waals surface area contributed by atoms with Gasteiger partial charge in [-0.15, -0.1) is 0 Å². The summed E-state index contributed by atoms with van der Waals surface area (Å²) in [5, 5.41) is 2.75. The molecule has 0 saturated carbocycles. The summed E-state index contributed by atoms with van der Waals surface area (Å²) in [5.41, 5.74) is 0. The van der Waals surface area contributed by atoms with Crippen LogP contribution in [0.3, 0.4) is 0 Å². The van der Waals surface area contributed by atoms with E-state index in [4.69, 9.17) is 0 Å². The van der Waals surface area contributed by atoms with Crippen LogP contribution in [-0.4, -0.2) is 22.4 Å². The standard InChI is InChI=1S/C8H9N3O/c12-7-4-6(5-11-7)8-9-2-1-3-10-8/h1-3,6H,4-5H2,(H,11,12). The lowest BCUT2D eigenvalue weighted by molar-refractivity contribution is -0.119. The Morgan fingerprint density at radius 1 is 1.42 bits per heavy atom. The van der Waals surface area contributed by atoms with Gasteiger partial charge in [-0.2, -0.15) is 0 Å². The molecular formula is C8H9N3O. The molecule has 4 heteroatoms. The maximum Gasteiger partial charge on any atom is 0.220 e. The highest BCUT2D eigenvalue weighted by molar-refractivity contribution is 5.79. The Balaban J connectivity index is 2.16. The number of nitrogens with zero attached hydrogens (tertiary/aromatic N) is 2.